The molecule has 5 heteroatoms. The molecule has 56 valence electrons. The maximum absolute atomic E-state index is 12.8. The number of nitrogens with zero attached hydrogens (tertiary/aromatic N) is 2. The lowest BCUT2D eigenvalue weighted by atomic mass is 10.3. The summed E-state index contributed by atoms with van der Waals surface area (Å²) in [5, 5.41) is 14.0. The zero-order chi connectivity index (χ0) is 7.84. The lowest BCUT2D eigenvalue weighted by Crippen LogP contribution is -2.23. The number of benzene rings is 1. The fourth-order valence-corrected chi connectivity index (χ4v) is 0.880. The second-order valence-electron chi connectivity index (χ2n) is 2.04. The van der Waals surface area contributed by atoms with Crippen molar-refractivity contribution in [2.75, 3.05) is 0 Å². The van der Waals surface area contributed by atoms with Gasteiger partial charge < -0.3 is 5.21 Å². The largest absolute Gasteiger partial charge is 0.359 e. The average Bonchev–Trinajstić information content (AvgIpc) is 2.34. The summed E-state index contributed by atoms with van der Waals surface area (Å²) in [5.74, 6) is -0.626. The van der Waals surface area contributed by atoms with Crippen molar-refractivity contribution >= 4 is 11.0 Å². The molecule has 0 spiro atoms. The number of aromatic nitrogens is 2. The molecule has 0 saturated carbocycles. The van der Waals surface area contributed by atoms with Crippen molar-refractivity contribution in [1.29, 1.82) is 0 Å². The predicted molar refractivity (Wildman–Crippen MR) is 32.9 cm³/mol. The van der Waals surface area contributed by atoms with Crippen LogP contribution in [-0.4, -0.2) is 5.16 Å². The minimum atomic E-state index is -0.626. The van der Waals surface area contributed by atoms with E-state index >= 15 is 0 Å². The third kappa shape index (κ3) is 0.739. The zero-order valence-electron chi connectivity index (χ0n) is 5.32. The molecule has 0 unspecified atom stereocenters. The van der Waals surface area contributed by atoms with Crippen LogP contribution < -0.4 is 4.90 Å². The van der Waals surface area contributed by atoms with Crippen molar-refractivity contribution in [3.05, 3.63) is 29.2 Å². The van der Waals surface area contributed by atoms with E-state index in [4.69, 9.17) is 0 Å². The number of fused-ring (bicyclic) bond motifs is 1. The van der Waals surface area contributed by atoms with Crippen molar-refractivity contribution in [1.82, 2.24) is 5.16 Å². The number of para-hydroxylation sites is 1. The van der Waals surface area contributed by atoms with Crippen LogP contribution in [0.4, 0.5) is 4.39 Å². The fraction of sp³-hybridized carbons (Fsp3) is 0. The monoisotopic (exact) mass is 154 g/mol. The maximum Gasteiger partial charge on any atom is 0.261 e. The smallest absolute Gasteiger partial charge is 0.261 e. The third-order valence-corrected chi connectivity index (χ3v) is 1.36. The van der Waals surface area contributed by atoms with Crippen LogP contribution in [0.15, 0.2) is 22.8 Å². The molecule has 0 atom stereocenters. The van der Waals surface area contributed by atoms with Crippen LogP contribution in [0.25, 0.3) is 11.0 Å². The van der Waals surface area contributed by atoms with Crippen molar-refractivity contribution in [3.8, 4) is 0 Å². The van der Waals surface area contributed by atoms with Gasteiger partial charge in [0.1, 0.15) is 0 Å². The molecule has 2 aromatic rings. The van der Waals surface area contributed by atoms with Crippen LogP contribution in [0.3, 0.4) is 0 Å². The SMILES string of the molecule is [O-][n+]1onc2cccc(F)c21. The summed E-state index contributed by atoms with van der Waals surface area (Å²) >= 11 is 0. The predicted octanol–water partition coefficient (Wildman–Crippen LogP) is 0.600. The minimum absolute atomic E-state index is 0.0463. The van der Waals surface area contributed by atoms with Gasteiger partial charge in [0.15, 0.2) is 5.82 Å². The summed E-state index contributed by atoms with van der Waals surface area (Å²) in [7, 11) is 0. The van der Waals surface area contributed by atoms with Crippen LogP contribution in [0.1, 0.15) is 0 Å². The summed E-state index contributed by atoms with van der Waals surface area (Å²) in [6, 6.07) is 4.13. The first-order valence-electron chi connectivity index (χ1n) is 2.93. The van der Waals surface area contributed by atoms with E-state index in [-0.39, 0.29) is 15.9 Å². The number of hydrogen-bond donors (Lipinski definition) is 0. The van der Waals surface area contributed by atoms with Gasteiger partial charge >= 0.3 is 0 Å². The quantitative estimate of drug-likeness (QED) is 0.522. The van der Waals surface area contributed by atoms with E-state index < -0.39 is 5.82 Å². The first kappa shape index (κ1) is 6.09. The van der Waals surface area contributed by atoms with Gasteiger partial charge in [0.2, 0.25) is 0 Å². The Morgan fingerprint density at radius 2 is 2.36 bits per heavy atom. The van der Waals surface area contributed by atoms with Crippen molar-refractivity contribution < 1.29 is 13.9 Å². The highest BCUT2D eigenvalue weighted by Gasteiger charge is 2.12. The van der Waals surface area contributed by atoms with Gasteiger partial charge in [-0.1, -0.05) is 6.07 Å². The van der Waals surface area contributed by atoms with Gasteiger partial charge in [-0.05, 0) is 17.0 Å². The molecule has 11 heavy (non-hydrogen) atoms. The first-order chi connectivity index (χ1) is 5.29. The molecule has 0 saturated heterocycles. The lowest BCUT2D eigenvalue weighted by Gasteiger charge is -1.86. The van der Waals surface area contributed by atoms with Crippen molar-refractivity contribution in [2.45, 2.75) is 0 Å². The summed E-state index contributed by atoms with van der Waals surface area (Å²) in [5.41, 5.74) is 0.0625. The lowest BCUT2D eigenvalue weighted by molar-refractivity contribution is -0.782. The Morgan fingerprint density at radius 1 is 1.55 bits per heavy atom. The van der Waals surface area contributed by atoms with E-state index in [9.17, 15) is 9.60 Å². The third-order valence-electron chi connectivity index (χ3n) is 1.36. The highest BCUT2D eigenvalue weighted by atomic mass is 19.1. The standard InChI is InChI=1S/C6H3FN2O2/c7-4-2-1-3-5-6(4)9(10)11-8-5/h1-3H. The summed E-state index contributed by atoms with van der Waals surface area (Å²) in [4.78, 5) is 0.0463. The van der Waals surface area contributed by atoms with Gasteiger partial charge in [0, 0.05) is 5.16 Å². The Balaban J connectivity index is 2.96. The number of hydrogen-bond acceptors (Lipinski definition) is 3. The Bertz CT molecular complexity index is 398. The molecule has 1 heterocycles. The molecule has 0 N–H and O–H groups in total. The Labute approximate surface area is 60.4 Å². The summed E-state index contributed by atoms with van der Waals surface area (Å²) in [6.45, 7) is 0. The number of rotatable bonds is 0. The molecule has 0 amide bonds. The van der Waals surface area contributed by atoms with Gasteiger partial charge in [0.25, 0.3) is 11.0 Å². The van der Waals surface area contributed by atoms with E-state index in [2.05, 4.69) is 9.79 Å². The minimum Gasteiger partial charge on any atom is -0.359 e. The van der Waals surface area contributed by atoms with Gasteiger partial charge in [-0.15, -0.1) is 0 Å². The van der Waals surface area contributed by atoms with Gasteiger partial charge in [0.05, 0.1) is 0 Å². The van der Waals surface area contributed by atoms with E-state index in [0.29, 0.717) is 0 Å². The topological polar surface area (TPSA) is 53.0 Å². The highest BCUT2D eigenvalue weighted by molar-refractivity contribution is 5.70. The molecule has 0 aliphatic carbocycles. The summed E-state index contributed by atoms with van der Waals surface area (Å²) < 4.78 is 16.9. The second kappa shape index (κ2) is 1.91. The normalized spacial score (nSPS) is 10.6. The summed E-state index contributed by atoms with van der Waals surface area (Å²) in [6.07, 6.45) is 0. The first-order valence-corrected chi connectivity index (χ1v) is 2.93. The molecular formula is C6H3FN2O2. The van der Waals surface area contributed by atoms with Crippen molar-refractivity contribution in [2.24, 2.45) is 0 Å². The van der Waals surface area contributed by atoms with Crippen molar-refractivity contribution in [3.63, 3.8) is 0 Å². The second-order valence-corrected chi connectivity index (χ2v) is 2.04. The molecule has 0 aliphatic rings. The van der Waals surface area contributed by atoms with Crippen LogP contribution in [0, 0.1) is 11.0 Å². The van der Waals surface area contributed by atoms with E-state index in [1.54, 1.807) is 0 Å². The molecule has 0 radical (unpaired) electrons. The highest BCUT2D eigenvalue weighted by Crippen LogP contribution is 2.10. The van der Waals surface area contributed by atoms with E-state index in [1.165, 1.54) is 18.2 Å². The molecule has 2 rings (SSSR count). The molecule has 1 aromatic heterocycles. The molecule has 1 aromatic carbocycles. The van der Waals surface area contributed by atoms with Crippen LogP contribution >= 0.6 is 0 Å². The van der Waals surface area contributed by atoms with Crippen LogP contribution in [0.2, 0.25) is 0 Å². The van der Waals surface area contributed by atoms with Crippen LogP contribution in [0.5, 0.6) is 0 Å². The zero-order valence-corrected chi connectivity index (χ0v) is 5.32. The molecule has 0 aliphatic heterocycles. The molecule has 0 bridgehead atoms. The Hall–Kier alpha value is -1.65. The maximum atomic E-state index is 12.8. The van der Waals surface area contributed by atoms with Gasteiger partial charge in [-0.2, -0.15) is 0 Å². The Kier molecular flexibility index (Phi) is 1.06. The molecular weight excluding hydrogens is 151 g/mol. The number of halogens is 1. The Morgan fingerprint density at radius 3 is 3.09 bits per heavy atom. The van der Waals surface area contributed by atoms with E-state index in [0.717, 1.165) is 0 Å². The van der Waals surface area contributed by atoms with Gasteiger partial charge in [-0.25, -0.2) is 4.39 Å². The molecule has 4 nitrogen and oxygen atoms in total. The fourth-order valence-electron chi connectivity index (χ4n) is 0.880. The van der Waals surface area contributed by atoms with E-state index in [1.807, 2.05) is 0 Å². The molecule has 0 fully saturated rings. The van der Waals surface area contributed by atoms with Crippen LogP contribution in [-0.2, 0) is 0 Å². The average molecular weight is 154 g/mol. The van der Waals surface area contributed by atoms with Gasteiger partial charge in [-0.3, -0.25) is 4.63 Å².